The van der Waals surface area contributed by atoms with E-state index in [2.05, 4.69) is 26.1 Å². The normalized spacial score (nSPS) is 12.2. The van der Waals surface area contributed by atoms with Crippen LogP contribution in [0.1, 0.15) is 40.5 Å². The number of anilines is 1. The van der Waals surface area contributed by atoms with Crippen molar-refractivity contribution < 1.29 is 9.66 Å². The minimum Gasteiger partial charge on any atom is -0.487 e. The molecule has 0 saturated heterocycles. The van der Waals surface area contributed by atoms with Gasteiger partial charge in [-0.25, -0.2) is 0 Å². The highest BCUT2D eigenvalue weighted by molar-refractivity contribution is 5.58. The van der Waals surface area contributed by atoms with Gasteiger partial charge in [0.25, 0.3) is 0 Å². The van der Waals surface area contributed by atoms with Gasteiger partial charge in [0.05, 0.1) is 11.5 Å². The Morgan fingerprint density at radius 1 is 1.30 bits per heavy atom. The average Bonchev–Trinajstić information content (AvgIpc) is 2.40. The summed E-state index contributed by atoms with van der Waals surface area (Å²) in [6.07, 6.45) is 2.21. The summed E-state index contributed by atoms with van der Waals surface area (Å²) in [6.45, 7) is 8.71. The lowest BCUT2D eigenvalue weighted by atomic mass is 9.95. The molecule has 0 bridgehead atoms. The minimum absolute atomic E-state index is 0.00702. The molecule has 112 valence electrons. The molecule has 0 radical (unpaired) electrons. The van der Waals surface area contributed by atoms with Crippen molar-refractivity contribution in [2.75, 3.05) is 11.9 Å². The maximum atomic E-state index is 10.9. The quantitative estimate of drug-likeness (QED) is 0.571. The van der Waals surface area contributed by atoms with Crippen molar-refractivity contribution in [2.24, 2.45) is 5.92 Å². The number of nitrogens with zero attached hydrogens (tertiary/aromatic N) is 1. The van der Waals surface area contributed by atoms with Gasteiger partial charge in [-0.3, -0.25) is 10.1 Å². The van der Waals surface area contributed by atoms with Gasteiger partial charge in [0.2, 0.25) is 0 Å². The molecule has 0 amide bonds. The molecule has 1 atom stereocenters. The van der Waals surface area contributed by atoms with Crippen LogP contribution in [0.15, 0.2) is 18.2 Å². The van der Waals surface area contributed by atoms with Gasteiger partial charge in [-0.2, -0.15) is 0 Å². The summed E-state index contributed by atoms with van der Waals surface area (Å²) in [7, 11) is 0. The molecular formula is C15H24N2O3. The molecule has 0 aliphatic heterocycles. The van der Waals surface area contributed by atoms with Crippen LogP contribution in [0, 0.1) is 16.0 Å². The number of rotatable bonds is 8. The molecule has 0 saturated carbocycles. The van der Waals surface area contributed by atoms with Gasteiger partial charge < -0.3 is 10.1 Å². The number of nitro benzene ring substituents is 1. The third-order valence-corrected chi connectivity index (χ3v) is 3.61. The van der Waals surface area contributed by atoms with Crippen molar-refractivity contribution in [1.82, 2.24) is 0 Å². The standard InChI is InChI=1S/C15H24N2O3/c1-5-12(6-2)11(4)16-13-8-9-14(17(18)19)15(10-13)20-7-3/h8-12,16H,5-7H2,1-4H3. The number of hydrogen-bond acceptors (Lipinski definition) is 4. The second-order valence-corrected chi connectivity index (χ2v) is 4.88. The summed E-state index contributed by atoms with van der Waals surface area (Å²) in [5.74, 6) is 0.903. The Hall–Kier alpha value is -1.78. The Balaban J connectivity index is 2.91. The molecule has 0 fully saturated rings. The highest BCUT2D eigenvalue weighted by Gasteiger charge is 2.17. The molecule has 1 aromatic carbocycles. The first kappa shape index (κ1) is 16.3. The monoisotopic (exact) mass is 280 g/mol. The first-order valence-corrected chi connectivity index (χ1v) is 7.21. The van der Waals surface area contributed by atoms with Gasteiger partial charge in [0.1, 0.15) is 0 Å². The average molecular weight is 280 g/mol. The summed E-state index contributed by atoms with van der Waals surface area (Å²) in [5.41, 5.74) is 0.867. The number of benzene rings is 1. The first-order chi connectivity index (χ1) is 9.53. The second kappa shape index (κ2) is 7.72. The van der Waals surface area contributed by atoms with Gasteiger partial charge in [0.15, 0.2) is 5.75 Å². The zero-order valence-corrected chi connectivity index (χ0v) is 12.7. The maximum absolute atomic E-state index is 10.9. The Morgan fingerprint density at radius 3 is 2.45 bits per heavy atom. The molecule has 5 nitrogen and oxygen atoms in total. The highest BCUT2D eigenvalue weighted by Crippen LogP contribution is 2.31. The summed E-state index contributed by atoms with van der Waals surface area (Å²) in [6, 6.07) is 5.26. The van der Waals surface area contributed by atoms with Crippen LogP contribution >= 0.6 is 0 Å². The lowest BCUT2D eigenvalue weighted by Crippen LogP contribution is -2.24. The van der Waals surface area contributed by atoms with Gasteiger partial charge >= 0.3 is 5.69 Å². The topological polar surface area (TPSA) is 64.4 Å². The van der Waals surface area contributed by atoms with E-state index < -0.39 is 4.92 Å². The fraction of sp³-hybridized carbons (Fsp3) is 0.600. The second-order valence-electron chi connectivity index (χ2n) is 4.88. The molecule has 0 aromatic heterocycles. The smallest absolute Gasteiger partial charge is 0.311 e. The van der Waals surface area contributed by atoms with Gasteiger partial charge in [-0.05, 0) is 25.8 Å². The fourth-order valence-corrected chi connectivity index (χ4v) is 2.40. The lowest BCUT2D eigenvalue weighted by Gasteiger charge is -2.23. The number of nitrogens with one attached hydrogen (secondary N) is 1. The molecule has 0 aliphatic carbocycles. The predicted octanol–water partition coefficient (Wildman–Crippen LogP) is 4.23. The van der Waals surface area contributed by atoms with E-state index in [4.69, 9.17) is 4.74 Å². The van der Waals surface area contributed by atoms with E-state index in [0.717, 1.165) is 18.5 Å². The molecule has 1 N–H and O–H groups in total. The van der Waals surface area contributed by atoms with Crippen molar-refractivity contribution in [1.29, 1.82) is 0 Å². The van der Waals surface area contributed by atoms with Gasteiger partial charge in [-0.1, -0.05) is 26.7 Å². The summed E-state index contributed by atoms with van der Waals surface area (Å²) in [4.78, 5) is 10.5. The van der Waals surface area contributed by atoms with Crippen LogP contribution in [0.5, 0.6) is 5.75 Å². The highest BCUT2D eigenvalue weighted by atomic mass is 16.6. The van der Waals surface area contributed by atoms with Crippen molar-refractivity contribution in [3.05, 3.63) is 28.3 Å². The van der Waals surface area contributed by atoms with E-state index in [1.807, 2.05) is 6.92 Å². The zero-order chi connectivity index (χ0) is 15.1. The fourth-order valence-electron chi connectivity index (χ4n) is 2.40. The molecule has 0 spiro atoms. The largest absolute Gasteiger partial charge is 0.487 e. The maximum Gasteiger partial charge on any atom is 0.311 e. The number of nitro groups is 1. The van der Waals surface area contributed by atoms with Crippen molar-refractivity contribution >= 4 is 11.4 Å². The summed E-state index contributed by atoms with van der Waals surface area (Å²) < 4.78 is 5.35. The summed E-state index contributed by atoms with van der Waals surface area (Å²) in [5, 5.41) is 14.3. The first-order valence-electron chi connectivity index (χ1n) is 7.21. The molecule has 0 aliphatic rings. The van der Waals surface area contributed by atoms with Gasteiger partial charge in [-0.15, -0.1) is 0 Å². The Morgan fingerprint density at radius 2 is 1.95 bits per heavy atom. The molecule has 5 heteroatoms. The molecule has 1 aromatic rings. The molecule has 20 heavy (non-hydrogen) atoms. The molecular weight excluding hydrogens is 256 g/mol. The SMILES string of the molecule is CCOc1cc(NC(C)C(CC)CC)ccc1[N+](=O)[O-]. The predicted molar refractivity (Wildman–Crippen MR) is 81.4 cm³/mol. The van der Waals surface area contributed by atoms with Crippen LogP contribution in [-0.2, 0) is 0 Å². The van der Waals surface area contributed by atoms with Gasteiger partial charge in [0, 0.05) is 23.9 Å². The minimum atomic E-state index is -0.418. The van der Waals surface area contributed by atoms with Crippen LogP contribution in [-0.4, -0.2) is 17.6 Å². The van der Waals surface area contributed by atoms with E-state index in [1.54, 1.807) is 12.1 Å². The molecule has 1 rings (SSSR count). The van der Waals surface area contributed by atoms with E-state index >= 15 is 0 Å². The van der Waals surface area contributed by atoms with E-state index in [9.17, 15) is 10.1 Å². The Kier molecular flexibility index (Phi) is 6.28. The third kappa shape index (κ3) is 4.11. The van der Waals surface area contributed by atoms with Crippen molar-refractivity contribution in [3.8, 4) is 5.75 Å². The molecule has 0 heterocycles. The van der Waals surface area contributed by atoms with Crippen LogP contribution < -0.4 is 10.1 Å². The van der Waals surface area contributed by atoms with Crippen LogP contribution in [0.3, 0.4) is 0 Å². The zero-order valence-electron chi connectivity index (χ0n) is 12.7. The van der Waals surface area contributed by atoms with E-state index in [1.165, 1.54) is 6.07 Å². The Bertz CT molecular complexity index is 445. The van der Waals surface area contributed by atoms with E-state index in [0.29, 0.717) is 24.3 Å². The van der Waals surface area contributed by atoms with Crippen LogP contribution in [0.4, 0.5) is 11.4 Å². The van der Waals surface area contributed by atoms with Crippen molar-refractivity contribution in [3.63, 3.8) is 0 Å². The lowest BCUT2D eigenvalue weighted by molar-refractivity contribution is -0.385. The van der Waals surface area contributed by atoms with E-state index in [-0.39, 0.29) is 5.69 Å². The number of ether oxygens (including phenoxy) is 1. The Labute approximate surface area is 120 Å². The third-order valence-electron chi connectivity index (χ3n) is 3.61. The summed E-state index contributed by atoms with van der Waals surface area (Å²) >= 11 is 0. The van der Waals surface area contributed by atoms with Crippen LogP contribution in [0.25, 0.3) is 0 Å². The van der Waals surface area contributed by atoms with Crippen molar-refractivity contribution in [2.45, 2.75) is 46.6 Å². The van der Waals surface area contributed by atoms with Crippen LogP contribution in [0.2, 0.25) is 0 Å². The number of hydrogen-bond donors (Lipinski definition) is 1. The molecule has 1 unspecified atom stereocenters.